The van der Waals surface area contributed by atoms with Gasteiger partial charge >= 0.3 is 0 Å². The number of nitrogens with one attached hydrogen (secondary N) is 1. The van der Waals surface area contributed by atoms with Crippen LogP contribution in [0.2, 0.25) is 0 Å². The van der Waals surface area contributed by atoms with Gasteiger partial charge in [-0.25, -0.2) is 0 Å². The lowest BCUT2D eigenvalue weighted by atomic mass is 9.88. The van der Waals surface area contributed by atoms with E-state index < -0.39 is 0 Å². The highest BCUT2D eigenvalue weighted by molar-refractivity contribution is 5.13. The van der Waals surface area contributed by atoms with Crippen molar-refractivity contribution >= 4 is 0 Å². The molecule has 0 bridgehead atoms. The first-order chi connectivity index (χ1) is 7.42. The van der Waals surface area contributed by atoms with E-state index in [1.165, 1.54) is 0 Å². The van der Waals surface area contributed by atoms with Crippen LogP contribution in [-0.2, 0) is 0 Å². The van der Waals surface area contributed by atoms with Gasteiger partial charge in [0, 0.05) is 5.69 Å². The Labute approximate surface area is 98.4 Å². The predicted octanol–water partition coefficient (Wildman–Crippen LogP) is 2.72. The Morgan fingerprint density at radius 2 is 2.06 bits per heavy atom. The van der Waals surface area contributed by atoms with Gasteiger partial charge in [-0.3, -0.25) is 16.3 Å². The van der Waals surface area contributed by atoms with Crippen LogP contribution in [0, 0.1) is 12.3 Å². The number of aromatic nitrogens is 1. The van der Waals surface area contributed by atoms with Crippen LogP contribution in [-0.4, -0.2) is 4.98 Å². The summed E-state index contributed by atoms with van der Waals surface area (Å²) in [6.45, 7) is 8.72. The van der Waals surface area contributed by atoms with Crippen molar-refractivity contribution in [3.8, 4) is 0 Å². The third kappa shape index (κ3) is 4.29. The van der Waals surface area contributed by atoms with E-state index in [0.717, 1.165) is 24.2 Å². The highest BCUT2D eigenvalue weighted by Crippen LogP contribution is 2.26. The minimum atomic E-state index is 0.152. The summed E-state index contributed by atoms with van der Waals surface area (Å²) in [6.07, 6.45) is 2.13. The largest absolute Gasteiger partial charge is 0.271 e. The van der Waals surface area contributed by atoms with Crippen LogP contribution in [0.25, 0.3) is 0 Å². The van der Waals surface area contributed by atoms with Crippen LogP contribution in [0.1, 0.15) is 51.0 Å². The molecule has 0 aliphatic heterocycles. The minimum absolute atomic E-state index is 0.152. The van der Waals surface area contributed by atoms with Crippen LogP contribution in [0.3, 0.4) is 0 Å². The number of pyridine rings is 1. The monoisotopic (exact) mass is 221 g/mol. The first kappa shape index (κ1) is 13.1. The Morgan fingerprint density at radius 3 is 2.56 bits per heavy atom. The molecule has 1 rings (SSSR count). The minimum Gasteiger partial charge on any atom is -0.271 e. The van der Waals surface area contributed by atoms with Gasteiger partial charge in [-0.15, -0.1) is 0 Å². The van der Waals surface area contributed by atoms with E-state index in [9.17, 15) is 0 Å². The highest BCUT2D eigenvalue weighted by Gasteiger charge is 2.16. The molecule has 3 N–H and O–H groups in total. The number of nitrogens with two attached hydrogens (primary N) is 1. The van der Waals surface area contributed by atoms with Crippen molar-refractivity contribution in [2.24, 2.45) is 11.3 Å². The van der Waals surface area contributed by atoms with E-state index >= 15 is 0 Å². The summed E-state index contributed by atoms with van der Waals surface area (Å²) >= 11 is 0. The zero-order valence-electron chi connectivity index (χ0n) is 10.7. The Hall–Kier alpha value is -0.930. The number of rotatable bonds is 4. The van der Waals surface area contributed by atoms with Crippen LogP contribution in [0.15, 0.2) is 18.2 Å². The quantitative estimate of drug-likeness (QED) is 0.607. The third-order valence-corrected chi connectivity index (χ3v) is 2.65. The number of hydrogen-bond donors (Lipinski definition) is 2. The Bertz CT molecular complexity index is 328. The van der Waals surface area contributed by atoms with E-state index in [4.69, 9.17) is 5.84 Å². The van der Waals surface area contributed by atoms with Gasteiger partial charge in [0.2, 0.25) is 0 Å². The molecule has 0 amide bonds. The SMILES string of the molecule is Cc1cccc(C(CCC(C)(C)C)NN)n1. The second-order valence-corrected chi connectivity index (χ2v) is 5.52. The lowest BCUT2D eigenvalue weighted by Gasteiger charge is -2.22. The predicted molar refractivity (Wildman–Crippen MR) is 67.7 cm³/mol. The molecule has 0 fully saturated rings. The van der Waals surface area contributed by atoms with Crippen molar-refractivity contribution in [2.45, 2.75) is 46.6 Å². The molecule has 1 heterocycles. The van der Waals surface area contributed by atoms with Gasteiger partial charge in [-0.05, 0) is 37.3 Å². The lowest BCUT2D eigenvalue weighted by Crippen LogP contribution is -2.29. The van der Waals surface area contributed by atoms with Crippen molar-refractivity contribution < 1.29 is 0 Å². The Balaban J connectivity index is 2.68. The van der Waals surface area contributed by atoms with Crippen LogP contribution >= 0.6 is 0 Å². The molecule has 0 aliphatic rings. The third-order valence-electron chi connectivity index (χ3n) is 2.65. The summed E-state index contributed by atoms with van der Waals surface area (Å²) in [5, 5.41) is 0. The molecule has 3 nitrogen and oxygen atoms in total. The number of hydrogen-bond acceptors (Lipinski definition) is 3. The van der Waals surface area contributed by atoms with E-state index in [2.05, 4.69) is 31.2 Å². The van der Waals surface area contributed by atoms with Gasteiger partial charge in [-0.1, -0.05) is 26.8 Å². The van der Waals surface area contributed by atoms with Gasteiger partial charge in [-0.2, -0.15) is 0 Å². The van der Waals surface area contributed by atoms with E-state index in [0.29, 0.717) is 5.41 Å². The van der Waals surface area contributed by atoms with Crippen LogP contribution in [0.4, 0.5) is 0 Å². The lowest BCUT2D eigenvalue weighted by molar-refractivity contribution is 0.331. The van der Waals surface area contributed by atoms with E-state index in [1.807, 2.05) is 25.1 Å². The first-order valence-corrected chi connectivity index (χ1v) is 5.82. The maximum atomic E-state index is 5.59. The first-order valence-electron chi connectivity index (χ1n) is 5.82. The Morgan fingerprint density at radius 1 is 1.38 bits per heavy atom. The summed E-state index contributed by atoms with van der Waals surface area (Å²) in [5.74, 6) is 5.59. The molecule has 0 aliphatic carbocycles. The maximum Gasteiger partial charge on any atom is 0.0632 e. The topological polar surface area (TPSA) is 50.9 Å². The molecule has 3 heteroatoms. The van der Waals surface area contributed by atoms with E-state index in [-0.39, 0.29) is 6.04 Å². The Kier molecular flexibility index (Phi) is 4.44. The average Bonchev–Trinajstić information content (AvgIpc) is 2.17. The van der Waals surface area contributed by atoms with Crippen LogP contribution in [0.5, 0.6) is 0 Å². The van der Waals surface area contributed by atoms with Crippen LogP contribution < -0.4 is 11.3 Å². The summed E-state index contributed by atoms with van der Waals surface area (Å²) in [4.78, 5) is 4.50. The fraction of sp³-hybridized carbons (Fsp3) is 0.615. The molecule has 90 valence electrons. The zero-order chi connectivity index (χ0) is 12.2. The van der Waals surface area contributed by atoms with Gasteiger partial charge in [0.1, 0.15) is 0 Å². The van der Waals surface area contributed by atoms with Gasteiger partial charge < -0.3 is 0 Å². The fourth-order valence-corrected chi connectivity index (χ4v) is 1.65. The van der Waals surface area contributed by atoms with Crippen molar-refractivity contribution in [2.75, 3.05) is 0 Å². The molecule has 0 radical (unpaired) electrons. The fourth-order valence-electron chi connectivity index (χ4n) is 1.65. The molecular weight excluding hydrogens is 198 g/mol. The molecule has 0 saturated carbocycles. The number of hydrazine groups is 1. The highest BCUT2D eigenvalue weighted by atomic mass is 15.2. The second kappa shape index (κ2) is 5.41. The summed E-state index contributed by atoms with van der Waals surface area (Å²) in [6, 6.07) is 6.21. The molecule has 0 aromatic carbocycles. The van der Waals surface area contributed by atoms with E-state index in [1.54, 1.807) is 0 Å². The standard InChI is InChI=1S/C13H23N3/c1-10-6-5-7-11(15-10)12(16-14)8-9-13(2,3)4/h5-7,12,16H,8-9,14H2,1-4H3. The summed E-state index contributed by atoms with van der Waals surface area (Å²) in [5.41, 5.74) is 5.26. The van der Waals surface area contributed by atoms with Gasteiger partial charge in [0.25, 0.3) is 0 Å². The second-order valence-electron chi connectivity index (χ2n) is 5.52. The molecule has 1 unspecified atom stereocenters. The van der Waals surface area contributed by atoms with Gasteiger partial charge in [0.15, 0.2) is 0 Å². The normalized spacial score (nSPS) is 13.8. The molecule has 0 spiro atoms. The number of aryl methyl sites for hydroxylation is 1. The molecular formula is C13H23N3. The summed E-state index contributed by atoms with van der Waals surface area (Å²) < 4.78 is 0. The van der Waals surface area contributed by atoms with Gasteiger partial charge in [0.05, 0.1) is 11.7 Å². The maximum absolute atomic E-state index is 5.59. The van der Waals surface area contributed by atoms with Crippen molar-refractivity contribution in [3.05, 3.63) is 29.6 Å². The molecule has 16 heavy (non-hydrogen) atoms. The number of nitrogens with zero attached hydrogens (tertiary/aromatic N) is 1. The zero-order valence-corrected chi connectivity index (χ0v) is 10.7. The van der Waals surface area contributed by atoms with Crippen molar-refractivity contribution in [1.82, 2.24) is 10.4 Å². The molecule has 0 saturated heterocycles. The molecule has 1 atom stereocenters. The summed E-state index contributed by atoms with van der Waals surface area (Å²) in [7, 11) is 0. The van der Waals surface area contributed by atoms with Crippen molar-refractivity contribution in [3.63, 3.8) is 0 Å². The van der Waals surface area contributed by atoms with Crippen molar-refractivity contribution in [1.29, 1.82) is 0 Å². The molecule has 1 aromatic rings. The smallest absolute Gasteiger partial charge is 0.0632 e. The molecule has 1 aromatic heterocycles. The average molecular weight is 221 g/mol.